The average molecular weight is 279 g/mol. The van der Waals surface area contributed by atoms with E-state index in [1.807, 2.05) is 16.8 Å². The fraction of sp³-hybridized carbons (Fsp3) is 0.364. The Morgan fingerprint density at radius 3 is 2.94 bits per heavy atom. The predicted octanol–water partition coefficient (Wildman–Crippen LogP) is 2.72. The van der Waals surface area contributed by atoms with Gasteiger partial charge in [0.2, 0.25) is 0 Å². The van der Waals surface area contributed by atoms with Gasteiger partial charge in [-0.1, -0.05) is 13.8 Å². The largest absolute Gasteiger partial charge is 0.330 e. The van der Waals surface area contributed by atoms with E-state index in [2.05, 4.69) is 39.7 Å². The van der Waals surface area contributed by atoms with Crippen molar-refractivity contribution >= 4 is 27.1 Å². The van der Waals surface area contributed by atoms with E-state index < -0.39 is 0 Å². The van der Waals surface area contributed by atoms with E-state index in [-0.39, 0.29) is 0 Å². The molecular formula is C11H11BrN4. The minimum Gasteiger partial charge on any atom is -0.330 e. The lowest BCUT2D eigenvalue weighted by Crippen LogP contribution is -2.04. The van der Waals surface area contributed by atoms with Crippen molar-refractivity contribution in [1.82, 2.24) is 14.5 Å². The van der Waals surface area contributed by atoms with Crippen molar-refractivity contribution in [2.24, 2.45) is 5.92 Å². The molecule has 5 heteroatoms. The van der Waals surface area contributed by atoms with Gasteiger partial charge in [-0.3, -0.25) is 0 Å². The summed E-state index contributed by atoms with van der Waals surface area (Å²) in [5, 5.41) is 8.80. The molecule has 0 bridgehead atoms. The molecule has 0 saturated carbocycles. The van der Waals surface area contributed by atoms with E-state index in [0.29, 0.717) is 11.6 Å². The first-order valence-corrected chi connectivity index (χ1v) is 5.82. The van der Waals surface area contributed by atoms with Crippen molar-refractivity contribution in [2.75, 3.05) is 0 Å². The molecule has 0 aromatic carbocycles. The summed E-state index contributed by atoms with van der Waals surface area (Å²) in [7, 11) is 0. The Labute approximate surface area is 102 Å². The quantitative estimate of drug-likeness (QED) is 0.849. The van der Waals surface area contributed by atoms with E-state index in [9.17, 15) is 0 Å². The second kappa shape index (κ2) is 4.22. The topological polar surface area (TPSA) is 54.5 Å². The van der Waals surface area contributed by atoms with Crippen molar-refractivity contribution in [2.45, 2.75) is 20.4 Å². The van der Waals surface area contributed by atoms with Gasteiger partial charge in [0.05, 0.1) is 10.7 Å². The molecule has 16 heavy (non-hydrogen) atoms. The normalized spacial score (nSPS) is 10.9. The van der Waals surface area contributed by atoms with Crippen LogP contribution in [0, 0.1) is 17.2 Å². The molecule has 2 aromatic heterocycles. The van der Waals surface area contributed by atoms with Gasteiger partial charge < -0.3 is 4.57 Å². The van der Waals surface area contributed by atoms with Crippen LogP contribution in [0.5, 0.6) is 0 Å². The second-order valence-corrected chi connectivity index (χ2v) is 4.92. The number of rotatable bonds is 2. The summed E-state index contributed by atoms with van der Waals surface area (Å²) in [5.74, 6) is 0.523. The molecule has 0 spiro atoms. The zero-order valence-corrected chi connectivity index (χ0v) is 10.7. The number of halogens is 1. The van der Waals surface area contributed by atoms with Gasteiger partial charge in [-0.25, -0.2) is 9.97 Å². The third kappa shape index (κ3) is 1.93. The first kappa shape index (κ1) is 11.1. The van der Waals surface area contributed by atoms with E-state index in [1.165, 1.54) is 6.20 Å². The minimum atomic E-state index is 0.350. The highest BCUT2D eigenvalue weighted by Crippen LogP contribution is 2.23. The Hall–Kier alpha value is -1.41. The summed E-state index contributed by atoms with van der Waals surface area (Å²) in [6.07, 6.45) is 3.46. The zero-order chi connectivity index (χ0) is 11.7. The lowest BCUT2D eigenvalue weighted by Gasteiger charge is -2.06. The van der Waals surface area contributed by atoms with E-state index in [0.717, 1.165) is 22.2 Å². The van der Waals surface area contributed by atoms with Gasteiger partial charge >= 0.3 is 0 Å². The molecule has 2 aromatic rings. The smallest absolute Gasteiger partial charge is 0.161 e. The molecule has 0 amide bonds. The van der Waals surface area contributed by atoms with Gasteiger partial charge in [0.25, 0.3) is 0 Å². The SMILES string of the molecule is CC(C)Cn1cc(Br)c2ncc(C#N)nc21. The van der Waals surface area contributed by atoms with Crippen molar-refractivity contribution in [1.29, 1.82) is 5.26 Å². The molecule has 2 heterocycles. The van der Waals surface area contributed by atoms with Crippen molar-refractivity contribution in [3.63, 3.8) is 0 Å². The van der Waals surface area contributed by atoms with Crippen LogP contribution >= 0.6 is 15.9 Å². The molecule has 0 radical (unpaired) electrons. The van der Waals surface area contributed by atoms with E-state index >= 15 is 0 Å². The van der Waals surface area contributed by atoms with Crippen LogP contribution in [0.15, 0.2) is 16.9 Å². The van der Waals surface area contributed by atoms with Crippen LogP contribution in [0.25, 0.3) is 11.2 Å². The monoisotopic (exact) mass is 278 g/mol. The van der Waals surface area contributed by atoms with E-state index in [1.54, 1.807) is 0 Å². The van der Waals surface area contributed by atoms with Gasteiger partial charge in [0.15, 0.2) is 11.3 Å². The molecule has 0 aliphatic carbocycles. The highest BCUT2D eigenvalue weighted by molar-refractivity contribution is 9.10. The average Bonchev–Trinajstić information content (AvgIpc) is 2.54. The third-order valence-electron chi connectivity index (χ3n) is 2.20. The maximum atomic E-state index is 8.80. The molecule has 4 nitrogen and oxygen atoms in total. The summed E-state index contributed by atoms with van der Waals surface area (Å²) in [4.78, 5) is 8.50. The summed E-state index contributed by atoms with van der Waals surface area (Å²) >= 11 is 3.45. The molecule has 0 atom stereocenters. The highest BCUT2D eigenvalue weighted by atomic mass is 79.9. The summed E-state index contributed by atoms with van der Waals surface area (Å²) in [6, 6.07) is 2.01. The summed E-state index contributed by atoms with van der Waals surface area (Å²) in [6.45, 7) is 5.15. The maximum absolute atomic E-state index is 8.80. The molecule has 0 fully saturated rings. The molecule has 0 N–H and O–H groups in total. The van der Waals surface area contributed by atoms with Gasteiger partial charge in [0.1, 0.15) is 11.6 Å². The molecule has 0 aliphatic heterocycles. The molecular weight excluding hydrogens is 268 g/mol. The van der Waals surface area contributed by atoms with Crippen LogP contribution in [-0.2, 0) is 6.54 Å². The number of fused-ring (bicyclic) bond motifs is 1. The standard InChI is InChI=1S/C11H11BrN4/c1-7(2)5-16-6-9(12)10-11(16)15-8(3-13)4-14-10/h4,6-7H,5H2,1-2H3. The zero-order valence-electron chi connectivity index (χ0n) is 9.11. The Morgan fingerprint density at radius 1 is 1.56 bits per heavy atom. The van der Waals surface area contributed by atoms with Gasteiger partial charge in [0, 0.05) is 12.7 Å². The first-order valence-electron chi connectivity index (χ1n) is 5.03. The van der Waals surface area contributed by atoms with Crippen LogP contribution in [0.4, 0.5) is 0 Å². The fourth-order valence-electron chi connectivity index (χ4n) is 1.59. The summed E-state index contributed by atoms with van der Waals surface area (Å²) in [5.41, 5.74) is 1.92. The van der Waals surface area contributed by atoms with Crippen molar-refractivity contribution in [3.05, 3.63) is 22.6 Å². The van der Waals surface area contributed by atoms with Gasteiger partial charge in [-0.15, -0.1) is 0 Å². The number of nitriles is 1. The van der Waals surface area contributed by atoms with Crippen molar-refractivity contribution < 1.29 is 0 Å². The lowest BCUT2D eigenvalue weighted by molar-refractivity contribution is 0.532. The van der Waals surface area contributed by atoms with Crippen LogP contribution in [0.3, 0.4) is 0 Å². The van der Waals surface area contributed by atoms with Crippen molar-refractivity contribution in [3.8, 4) is 6.07 Å². The Morgan fingerprint density at radius 2 is 2.31 bits per heavy atom. The second-order valence-electron chi connectivity index (χ2n) is 4.06. The van der Waals surface area contributed by atoms with Gasteiger partial charge in [-0.05, 0) is 21.8 Å². The fourth-order valence-corrected chi connectivity index (χ4v) is 2.12. The Balaban J connectivity index is 2.61. The van der Waals surface area contributed by atoms with Crippen LogP contribution in [0.1, 0.15) is 19.5 Å². The minimum absolute atomic E-state index is 0.350. The molecule has 0 saturated heterocycles. The molecule has 0 aliphatic rings. The maximum Gasteiger partial charge on any atom is 0.161 e. The number of hydrogen-bond acceptors (Lipinski definition) is 3. The Kier molecular flexibility index (Phi) is 2.92. The predicted molar refractivity (Wildman–Crippen MR) is 64.8 cm³/mol. The molecule has 2 rings (SSSR count). The van der Waals surface area contributed by atoms with Gasteiger partial charge in [-0.2, -0.15) is 5.26 Å². The molecule has 0 unspecified atom stereocenters. The number of aromatic nitrogens is 3. The molecule has 82 valence electrons. The summed E-state index contributed by atoms with van der Waals surface area (Å²) < 4.78 is 2.94. The number of hydrogen-bond donors (Lipinski definition) is 0. The third-order valence-corrected chi connectivity index (χ3v) is 2.78. The highest BCUT2D eigenvalue weighted by Gasteiger charge is 2.11. The number of nitrogens with zero attached hydrogens (tertiary/aromatic N) is 4. The Bertz CT molecular complexity index is 565. The first-order chi connectivity index (χ1) is 7.61. The van der Waals surface area contributed by atoms with E-state index in [4.69, 9.17) is 5.26 Å². The van der Waals surface area contributed by atoms with Crippen LogP contribution in [0.2, 0.25) is 0 Å². The van der Waals surface area contributed by atoms with Crippen LogP contribution < -0.4 is 0 Å². The lowest BCUT2D eigenvalue weighted by atomic mass is 10.2. The van der Waals surface area contributed by atoms with Crippen LogP contribution in [-0.4, -0.2) is 14.5 Å².